The second-order valence-corrected chi connectivity index (χ2v) is 6.44. The molecule has 19 heavy (non-hydrogen) atoms. The molecule has 0 fully saturated rings. The van der Waals surface area contributed by atoms with Gasteiger partial charge in [-0.2, -0.15) is 16.4 Å². The number of aromatic nitrogens is 3. The number of aliphatic hydroxyl groups is 1. The van der Waals surface area contributed by atoms with Crippen LogP contribution in [-0.4, -0.2) is 25.5 Å². The Hall–Kier alpha value is -1.46. The number of nitrogens with zero attached hydrogens (tertiary/aromatic N) is 3. The van der Waals surface area contributed by atoms with Crippen LogP contribution < -0.4 is 0 Å². The van der Waals surface area contributed by atoms with Gasteiger partial charge in [-0.3, -0.25) is 0 Å². The SMILES string of the molecule is CC(C)(C)C(O)(/C=C/c1ccsc1)Cn1cncn1. The van der Waals surface area contributed by atoms with E-state index in [2.05, 4.69) is 15.5 Å². The van der Waals surface area contributed by atoms with Gasteiger partial charge in [-0.1, -0.05) is 32.9 Å². The Morgan fingerprint density at radius 3 is 2.74 bits per heavy atom. The molecule has 0 saturated carbocycles. The van der Waals surface area contributed by atoms with Gasteiger partial charge in [-0.25, -0.2) is 9.67 Å². The first kappa shape index (κ1) is 14.0. The van der Waals surface area contributed by atoms with Gasteiger partial charge in [0.25, 0.3) is 0 Å². The van der Waals surface area contributed by atoms with Gasteiger partial charge in [0.2, 0.25) is 0 Å². The van der Waals surface area contributed by atoms with Crippen LogP contribution in [0, 0.1) is 5.41 Å². The predicted molar refractivity (Wildman–Crippen MR) is 77.8 cm³/mol. The lowest BCUT2D eigenvalue weighted by atomic mass is 9.76. The predicted octanol–water partition coefficient (Wildman–Crippen LogP) is 2.83. The normalized spacial score (nSPS) is 15.8. The Morgan fingerprint density at radius 2 is 2.21 bits per heavy atom. The van der Waals surface area contributed by atoms with Crippen molar-refractivity contribution < 1.29 is 5.11 Å². The molecular weight excluding hydrogens is 258 g/mol. The molecule has 0 aromatic carbocycles. The number of hydrogen-bond donors (Lipinski definition) is 1. The first-order valence-corrected chi connectivity index (χ1v) is 7.11. The molecule has 5 heteroatoms. The van der Waals surface area contributed by atoms with E-state index in [1.807, 2.05) is 44.4 Å². The summed E-state index contributed by atoms with van der Waals surface area (Å²) in [5.41, 5.74) is -0.181. The van der Waals surface area contributed by atoms with Crippen LogP contribution in [0.5, 0.6) is 0 Å². The molecule has 2 aromatic heterocycles. The summed E-state index contributed by atoms with van der Waals surface area (Å²) in [5.74, 6) is 0. The summed E-state index contributed by atoms with van der Waals surface area (Å²) in [6.07, 6.45) is 6.91. The summed E-state index contributed by atoms with van der Waals surface area (Å²) < 4.78 is 1.66. The zero-order valence-electron chi connectivity index (χ0n) is 11.4. The molecule has 1 atom stereocenters. The lowest BCUT2D eigenvalue weighted by molar-refractivity contribution is -0.0297. The Morgan fingerprint density at radius 1 is 1.42 bits per heavy atom. The van der Waals surface area contributed by atoms with E-state index in [1.165, 1.54) is 6.33 Å². The standard InChI is InChI=1S/C14H19N3OS/c1-13(2,3)14(18,9-17-11-15-10-16-17)6-4-12-5-7-19-8-12/h4-8,10-11,18H,9H2,1-3H3/b6-4+. The van der Waals surface area contributed by atoms with E-state index < -0.39 is 5.60 Å². The summed E-state index contributed by atoms with van der Waals surface area (Å²) >= 11 is 1.64. The van der Waals surface area contributed by atoms with Crippen LogP contribution in [0.3, 0.4) is 0 Å². The minimum absolute atomic E-state index is 0.300. The van der Waals surface area contributed by atoms with E-state index in [1.54, 1.807) is 22.3 Å². The van der Waals surface area contributed by atoms with Gasteiger partial charge in [-0.15, -0.1) is 0 Å². The van der Waals surface area contributed by atoms with Gasteiger partial charge in [-0.05, 0) is 27.8 Å². The summed E-state index contributed by atoms with van der Waals surface area (Å²) in [6.45, 7) is 6.43. The maximum absolute atomic E-state index is 10.9. The Kier molecular flexibility index (Phi) is 3.87. The van der Waals surface area contributed by atoms with Crippen LogP contribution in [0.4, 0.5) is 0 Å². The van der Waals surface area contributed by atoms with Crippen molar-refractivity contribution >= 4 is 17.4 Å². The molecule has 0 bridgehead atoms. The monoisotopic (exact) mass is 277 g/mol. The largest absolute Gasteiger partial charge is 0.383 e. The first-order chi connectivity index (χ1) is 8.91. The van der Waals surface area contributed by atoms with Crippen LogP contribution in [0.1, 0.15) is 26.3 Å². The molecule has 2 rings (SSSR count). The van der Waals surface area contributed by atoms with E-state index in [-0.39, 0.29) is 5.41 Å². The maximum Gasteiger partial charge on any atom is 0.137 e. The average molecular weight is 277 g/mol. The van der Waals surface area contributed by atoms with E-state index in [9.17, 15) is 5.11 Å². The van der Waals surface area contributed by atoms with Crippen molar-refractivity contribution in [1.29, 1.82) is 0 Å². The molecule has 2 aromatic rings. The third-order valence-electron chi connectivity index (χ3n) is 3.26. The fraction of sp³-hybridized carbons (Fsp3) is 0.429. The lowest BCUT2D eigenvalue weighted by Gasteiger charge is -2.37. The van der Waals surface area contributed by atoms with E-state index in [4.69, 9.17) is 0 Å². The topological polar surface area (TPSA) is 50.9 Å². The average Bonchev–Trinajstić information content (AvgIpc) is 2.97. The van der Waals surface area contributed by atoms with Crippen molar-refractivity contribution in [3.05, 3.63) is 41.1 Å². The fourth-order valence-corrected chi connectivity index (χ4v) is 2.33. The van der Waals surface area contributed by atoms with Crippen LogP contribution in [0.2, 0.25) is 0 Å². The van der Waals surface area contributed by atoms with Crippen molar-refractivity contribution in [1.82, 2.24) is 14.8 Å². The second-order valence-electron chi connectivity index (χ2n) is 5.66. The molecule has 0 spiro atoms. The molecule has 0 saturated heterocycles. The summed E-state index contributed by atoms with van der Waals surface area (Å²) in [6, 6.07) is 2.03. The molecular formula is C14H19N3OS. The molecule has 1 N–H and O–H groups in total. The summed E-state index contributed by atoms with van der Waals surface area (Å²) in [5, 5.41) is 19.1. The summed E-state index contributed by atoms with van der Waals surface area (Å²) in [4.78, 5) is 3.92. The minimum Gasteiger partial charge on any atom is -0.383 e. The molecule has 1 unspecified atom stereocenters. The van der Waals surface area contributed by atoms with Crippen LogP contribution in [0.15, 0.2) is 35.6 Å². The lowest BCUT2D eigenvalue weighted by Crippen LogP contribution is -2.44. The van der Waals surface area contributed by atoms with Gasteiger partial charge < -0.3 is 5.11 Å². The van der Waals surface area contributed by atoms with Crippen molar-refractivity contribution in [2.75, 3.05) is 0 Å². The van der Waals surface area contributed by atoms with Crippen LogP contribution in [0.25, 0.3) is 6.08 Å². The Bertz CT molecular complexity index is 526. The quantitative estimate of drug-likeness (QED) is 0.935. The van der Waals surface area contributed by atoms with E-state index in [0.717, 1.165) is 5.56 Å². The molecule has 4 nitrogen and oxygen atoms in total. The highest BCUT2D eigenvalue weighted by molar-refractivity contribution is 7.08. The zero-order valence-corrected chi connectivity index (χ0v) is 12.3. The van der Waals surface area contributed by atoms with Crippen molar-refractivity contribution in [2.24, 2.45) is 5.41 Å². The van der Waals surface area contributed by atoms with Crippen molar-refractivity contribution in [3.63, 3.8) is 0 Å². The third kappa shape index (κ3) is 3.30. The highest BCUT2D eigenvalue weighted by atomic mass is 32.1. The molecule has 0 aliphatic heterocycles. The molecule has 102 valence electrons. The van der Waals surface area contributed by atoms with Gasteiger partial charge in [0.05, 0.1) is 6.54 Å². The Labute approximate surface area is 117 Å². The van der Waals surface area contributed by atoms with Gasteiger partial charge >= 0.3 is 0 Å². The number of rotatable bonds is 4. The van der Waals surface area contributed by atoms with Crippen LogP contribution >= 0.6 is 11.3 Å². The smallest absolute Gasteiger partial charge is 0.137 e. The maximum atomic E-state index is 10.9. The summed E-state index contributed by atoms with van der Waals surface area (Å²) in [7, 11) is 0. The Balaban J connectivity index is 2.25. The highest BCUT2D eigenvalue weighted by Crippen LogP contribution is 2.33. The van der Waals surface area contributed by atoms with Gasteiger partial charge in [0.15, 0.2) is 0 Å². The minimum atomic E-state index is -0.983. The second kappa shape index (κ2) is 5.27. The third-order valence-corrected chi connectivity index (χ3v) is 3.96. The van der Waals surface area contributed by atoms with Crippen LogP contribution in [-0.2, 0) is 6.54 Å². The zero-order chi connectivity index (χ0) is 13.9. The van der Waals surface area contributed by atoms with E-state index in [0.29, 0.717) is 6.54 Å². The highest BCUT2D eigenvalue weighted by Gasteiger charge is 2.38. The van der Waals surface area contributed by atoms with Crippen molar-refractivity contribution in [3.8, 4) is 0 Å². The van der Waals surface area contributed by atoms with Gasteiger partial charge in [0, 0.05) is 0 Å². The first-order valence-electron chi connectivity index (χ1n) is 6.17. The van der Waals surface area contributed by atoms with Crippen molar-refractivity contribution in [2.45, 2.75) is 32.9 Å². The number of thiophene rings is 1. The molecule has 0 amide bonds. The number of hydrogen-bond acceptors (Lipinski definition) is 4. The molecule has 2 heterocycles. The van der Waals surface area contributed by atoms with E-state index >= 15 is 0 Å². The molecule has 0 aliphatic carbocycles. The fourth-order valence-electron chi connectivity index (χ4n) is 1.71. The molecule has 0 aliphatic rings. The van der Waals surface area contributed by atoms with Gasteiger partial charge in [0.1, 0.15) is 18.3 Å². The molecule has 0 radical (unpaired) electrons.